The average molecular weight is 549 g/mol. The third-order valence-electron chi connectivity index (χ3n) is 6.98. The van der Waals surface area contributed by atoms with Gasteiger partial charge in [0.15, 0.2) is 0 Å². The van der Waals surface area contributed by atoms with Gasteiger partial charge in [0.2, 0.25) is 17.7 Å². The number of carboxylic acids is 1. The van der Waals surface area contributed by atoms with Crippen molar-refractivity contribution in [2.75, 3.05) is 26.2 Å². The summed E-state index contributed by atoms with van der Waals surface area (Å²) in [4.78, 5) is 49.0. The van der Waals surface area contributed by atoms with Gasteiger partial charge in [-0.25, -0.2) is 0 Å². The number of rotatable bonds is 8. The molecular weight excluding hydrogens is 520 g/mol. The standard InChI is InChI=1S/C27H28N6O5S/c1-16(34)32-9-7-17(8-10-32)27-26-20(18-5-6-19-12-30-39-22(19)11-18)3-2-4-21(26)33(31-27)15-24(36)28-13-23(35)29-14-25(37)38/h2-6,11-12,17H,7-10,13-15H2,1H3,(H,28,36)(H,29,35)(H,37,38). The summed E-state index contributed by atoms with van der Waals surface area (Å²) in [6.07, 6.45) is 3.38. The van der Waals surface area contributed by atoms with Gasteiger partial charge in [-0.2, -0.15) is 9.47 Å². The fourth-order valence-electron chi connectivity index (χ4n) is 5.01. The molecule has 3 N–H and O–H groups in total. The maximum atomic E-state index is 12.8. The Kier molecular flexibility index (Phi) is 7.55. The Labute approximate surface area is 227 Å². The number of fused-ring (bicyclic) bond motifs is 2. The molecule has 2 aromatic heterocycles. The topological polar surface area (TPSA) is 147 Å². The van der Waals surface area contributed by atoms with Gasteiger partial charge in [-0.15, -0.1) is 0 Å². The lowest BCUT2D eigenvalue weighted by Crippen LogP contribution is -2.40. The highest BCUT2D eigenvalue weighted by atomic mass is 32.1. The number of hydrogen-bond acceptors (Lipinski definition) is 7. The third kappa shape index (κ3) is 5.75. The summed E-state index contributed by atoms with van der Waals surface area (Å²) in [5.41, 5.74) is 3.72. The predicted octanol–water partition coefficient (Wildman–Crippen LogP) is 2.36. The van der Waals surface area contributed by atoms with Crippen LogP contribution in [0.2, 0.25) is 0 Å². The van der Waals surface area contributed by atoms with Crippen LogP contribution in [0.25, 0.3) is 32.1 Å². The monoisotopic (exact) mass is 548 g/mol. The molecule has 11 nitrogen and oxygen atoms in total. The molecule has 4 aromatic rings. The minimum Gasteiger partial charge on any atom is -0.480 e. The van der Waals surface area contributed by atoms with Crippen molar-refractivity contribution in [1.29, 1.82) is 0 Å². The molecular formula is C27H28N6O5S. The predicted molar refractivity (Wildman–Crippen MR) is 146 cm³/mol. The van der Waals surface area contributed by atoms with Crippen molar-refractivity contribution in [3.05, 3.63) is 48.3 Å². The molecule has 0 aliphatic carbocycles. The Bertz CT molecular complexity index is 1570. The van der Waals surface area contributed by atoms with E-state index < -0.39 is 24.3 Å². The molecule has 12 heteroatoms. The van der Waals surface area contributed by atoms with Gasteiger partial charge in [0, 0.05) is 42.9 Å². The van der Waals surface area contributed by atoms with Crippen LogP contribution in [0.4, 0.5) is 0 Å². The number of amides is 3. The maximum absolute atomic E-state index is 12.8. The molecule has 39 heavy (non-hydrogen) atoms. The number of carbonyl (C=O) groups is 4. The van der Waals surface area contributed by atoms with Crippen molar-refractivity contribution in [2.24, 2.45) is 0 Å². The van der Waals surface area contributed by atoms with Crippen molar-refractivity contribution in [2.45, 2.75) is 32.2 Å². The molecule has 0 saturated carbocycles. The molecule has 1 aliphatic rings. The molecule has 0 radical (unpaired) electrons. The Morgan fingerprint density at radius 2 is 1.82 bits per heavy atom. The first kappa shape index (κ1) is 26.3. The van der Waals surface area contributed by atoms with Crippen LogP contribution >= 0.6 is 11.5 Å². The Morgan fingerprint density at radius 3 is 2.56 bits per heavy atom. The number of nitrogens with zero attached hydrogens (tertiary/aromatic N) is 4. The Hall–Kier alpha value is -4.32. The van der Waals surface area contributed by atoms with Crippen LogP contribution in [0.3, 0.4) is 0 Å². The summed E-state index contributed by atoms with van der Waals surface area (Å²) in [6, 6.07) is 12.1. The van der Waals surface area contributed by atoms with E-state index in [-0.39, 0.29) is 24.9 Å². The van der Waals surface area contributed by atoms with Crippen molar-refractivity contribution in [3.8, 4) is 11.1 Å². The maximum Gasteiger partial charge on any atom is 0.322 e. The summed E-state index contributed by atoms with van der Waals surface area (Å²) in [6.45, 7) is 1.93. The zero-order valence-electron chi connectivity index (χ0n) is 21.3. The Morgan fingerprint density at radius 1 is 1.05 bits per heavy atom. The van der Waals surface area contributed by atoms with E-state index in [1.54, 1.807) is 11.6 Å². The van der Waals surface area contributed by atoms with Crippen LogP contribution in [0.5, 0.6) is 0 Å². The number of hydrogen-bond donors (Lipinski definition) is 3. The average Bonchev–Trinajstić information content (AvgIpc) is 3.55. The van der Waals surface area contributed by atoms with Gasteiger partial charge in [-0.05, 0) is 47.6 Å². The van der Waals surface area contributed by atoms with Crippen LogP contribution in [-0.4, -0.2) is 74.0 Å². The lowest BCUT2D eigenvalue weighted by molar-refractivity contribution is -0.137. The summed E-state index contributed by atoms with van der Waals surface area (Å²) < 4.78 is 7.02. The second-order valence-electron chi connectivity index (χ2n) is 9.55. The van der Waals surface area contributed by atoms with Gasteiger partial charge in [-0.3, -0.25) is 23.9 Å². The lowest BCUT2D eigenvalue weighted by atomic mass is 9.89. The smallest absolute Gasteiger partial charge is 0.322 e. The highest BCUT2D eigenvalue weighted by Gasteiger charge is 2.28. The molecule has 1 aliphatic heterocycles. The first-order chi connectivity index (χ1) is 18.8. The molecule has 0 spiro atoms. The van der Waals surface area contributed by atoms with Crippen LogP contribution in [-0.2, 0) is 25.7 Å². The van der Waals surface area contributed by atoms with E-state index in [0.29, 0.717) is 13.1 Å². The molecule has 0 atom stereocenters. The van der Waals surface area contributed by atoms with E-state index in [1.165, 1.54) is 11.5 Å². The van der Waals surface area contributed by atoms with Crippen LogP contribution in [0, 0.1) is 0 Å². The zero-order chi connectivity index (χ0) is 27.5. The van der Waals surface area contributed by atoms with Gasteiger partial charge in [0.25, 0.3) is 0 Å². The van der Waals surface area contributed by atoms with Crippen molar-refractivity contribution < 1.29 is 24.3 Å². The normalized spacial score (nSPS) is 14.0. The fraction of sp³-hybridized carbons (Fsp3) is 0.333. The number of nitrogens with one attached hydrogen (secondary N) is 2. The molecule has 1 saturated heterocycles. The van der Waals surface area contributed by atoms with Gasteiger partial charge in [-0.1, -0.05) is 24.3 Å². The highest BCUT2D eigenvalue weighted by molar-refractivity contribution is 7.13. The second kappa shape index (κ2) is 11.2. The number of carboxylic acid groups (broad SMARTS) is 1. The number of aliphatic carboxylic acids is 1. The first-order valence-corrected chi connectivity index (χ1v) is 13.4. The SMILES string of the molecule is CC(=O)N1CCC(c2nn(CC(=O)NCC(=O)NCC(=O)O)c3cccc(-c4ccc5cnsc5c4)c23)CC1. The minimum atomic E-state index is -1.16. The molecule has 3 amide bonds. The van der Waals surface area contributed by atoms with Crippen LogP contribution in [0.1, 0.15) is 31.4 Å². The van der Waals surface area contributed by atoms with Crippen molar-refractivity contribution >= 4 is 56.2 Å². The van der Waals surface area contributed by atoms with Gasteiger partial charge in [0.1, 0.15) is 13.1 Å². The number of carbonyl (C=O) groups excluding carboxylic acids is 3. The van der Waals surface area contributed by atoms with E-state index >= 15 is 0 Å². The Balaban J connectivity index is 1.47. The number of aromatic nitrogens is 3. The number of benzene rings is 2. The largest absolute Gasteiger partial charge is 0.480 e. The van der Waals surface area contributed by atoms with Crippen molar-refractivity contribution in [3.63, 3.8) is 0 Å². The first-order valence-electron chi connectivity index (χ1n) is 12.6. The minimum absolute atomic E-state index is 0.0615. The third-order valence-corrected chi connectivity index (χ3v) is 7.74. The molecule has 2 aromatic carbocycles. The summed E-state index contributed by atoms with van der Waals surface area (Å²) in [7, 11) is 0. The van der Waals surface area contributed by atoms with Gasteiger partial charge >= 0.3 is 5.97 Å². The van der Waals surface area contributed by atoms with E-state index in [0.717, 1.165) is 50.7 Å². The molecule has 1 fully saturated rings. The summed E-state index contributed by atoms with van der Waals surface area (Å²) in [5, 5.41) is 20.4. The fourth-order valence-corrected chi connectivity index (χ4v) is 5.69. The number of likely N-dealkylation sites (tertiary alicyclic amines) is 1. The summed E-state index contributed by atoms with van der Waals surface area (Å²) in [5.74, 6) is -1.99. The highest BCUT2D eigenvalue weighted by Crippen LogP contribution is 2.39. The lowest BCUT2D eigenvalue weighted by Gasteiger charge is -2.30. The van der Waals surface area contributed by atoms with Gasteiger partial charge in [0.05, 0.1) is 22.5 Å². The molecule has 0 unspecified atom stereocenters. The zero-order valence-corrected chi connectivity index (χ0v) is 22.2. The summed E-state index contributed by atoms with van der Waals surface area (Å²) >= 11 is 1.44. The second-order valence-corrected chi connectivity index (χ2v) is 10.4. The van der Waals surface area contributed by atoms with E-state index in [2.05, 4.69) is 33.2 Å². The van der Waals surface area contributed by atoms with Gasteiger partial charge < -0.3 is 20.6 Å². The van der Waals surface area contributed by atoms with Crippen LogP contribution < -0.4 is 10.6 Å². The van der Waals surface area contributed by atoms with Crippen molar-refractivity contribution in [1.82, 2.24) is 29.7 Å². The van der Waals surface area contributed by atoms with E-state index in [9.17, 15) is 19.2 Å². The number of piperidine rings is 1. The van der Waals surface area contributed by atoms with E-state index in [4.69, 9.17) is 10.2 Å². The molecule has 0 bridgehead atoms. The van der Waals surface area contributed by atoms with Crippen LogP contribution in [0.15, 0.2) is 42.6 Å². The molecule has 3 heterocycles. The quantitative estimate of drug-likeness (QED) is 0.306. The molecule has 202 valence electrons. The molecule has 5 rings (SSSR count). The van der Waals surface area contributed by atoms with E-state index in [1.807, 2.05) is 29.3 Å².